The van der Waals surface area contributed by atoms with Crippen LogP contribution in [0.15, 0.2) is 0 Å². The molecule has 0 saturated heterocycles. The number of hydrogen-bond acceptors (Lipinski definition) is 2. The molecule has 4 amide bonds. The van der Waals surface area contributed by atoms with Crippen LogP contribution in [-0.4, -0.2) is 41.6 Å². The van der Waals surface area contributed by atoms with Crippen LogP contribution in [0.4, 0.5) is 9.59 Å². The second kappa shape index (κ2) is 8.66. The highest BCUT2D eigenvalue weighted by atomic mass is 16.2. The van der Waals surface area contributed by atoms with Gasteiger partial charge in [-0.15, -0.1) is 0 Å². The van der Waals surface area contributed by atoms with Gasteiger partial charge >= 0.3 is 12.1 Å². The van der Waals surface area contributed by atoms with Gasteiger partial charge in [0.2, 0.25) is 0 Å². The van der Waals surface area contributed by atoms with E-state index in [1.165, 1.54) is 9.80 Å². The maximum atomic E-state index is 11.2. The molecule has 0 bridgehead atoms. The summed E-state index contributed by atoms with van der Waals surface area (Å²) in [6, 6.07) is -1.03. The third kappa shape index (κ3) is 6.65. The van der Waals surface area contributed by atoms with Crippen LogP contribution < -0.4 is 11.5 Å². The van der Waals surface area contributed by atoms with Crippen LogP contribution >= 0.6 is 0 Å². The van der Waals surface area contributed by atoms with E-state index < -0.39 is 12.1 Å². The Morgan fingerprint density at radius 1 is 0.882 bits per heavy atom. The molecule has 0 aliphatic carbocycles. The zero-order chi connectivity index (χ0) is 13.3. The molecule has 0 saturated carbocycles. The third-order valence-corrected chi connectivity index (χ3v) is 2.53. The predicted octanol–water partition coefficient (Wildman–Crippen LogP) is 1.31. The summed E-state index contributed by atoms with van der Waals surface area (Å²) in [5.74, 6) is 0. The molecule has 0 atom stereocenters. The molecule has 0 fully saturated rings. The average molecular weight is 244 g/mol. The number of rotatable bonds is 8. The fraction of sp³-hybridized carbons (Fsp3) is 0.818. The van der Waals surface area contributed by atoms with Gasteiger partial charge in [-0.25, -0.2) is 9.59 Å². The smallest absolute Gasteiger partial charge is 0.316 e. The third-order valence-electron chi connectivity index (χ3n) is 2.53. The van der Waals surface area contributed by atoms with Crippen molar-refractivity contribution in [3.63, 3.8) is 0 Å². The Bertz CT molecular complexity index is 222. The second-order valence-electron chi connectivity index (χ2n) is 4.05. The summed E-state index contributed by atoms with van der Waals surface area (Å²) in [4.78, 5) is 25.3. The lowest BCUT2D eigenvalue weighted by Crippen LogP contribution is -2.48. The average Bonchev–Trinajstić information content (AvgIpc) is 2.27. The fourth-order valence-electron chi connectivity index (χ4n) is 1.41. The van der Waals surface area contributed by atoms with Crippen molar-refractivity contribution in [1.82, 2.24) is 9.80 Å². The Morgan fingerprint density at radius 2 is 1.24 bits per heavy atom. The number of urea groups is 2. The number of carbonyl (C=O) groups excluding carboxylic acids is 2. The van der Waals surface area contributed by atoms with Crippen LogP contribution in [0.3, 0.4) is 0 Å². The van der Waals surface area contributed by atoms with Crippen molar-refractivity contribution >= 4 is 12.1 Å². The minimum atomic E-state index is -0.513. The van der Waals surface area contributed by atoms with Crippen molar-refractivity contribution in [2.24, 2.45) is 11.5 Å². The highest BCUT2D eigenvalue weighted by Crippen LogP contribution is 2.01. The largest absolute Gasteiger partial charge is 0.351 e. The van der Waals surface area contributed by atoms with Gasteiger partial charge in [-0.2, -0.15) is 0 Å². The van der Waals surface area contributed by atoms with Crippen LogP contribution in [0.2, 0.25) is 0 Å². The SMILES string of the molecule is CCCCN(CN(CCCC)C(N)=O)C(N)=O. The van der Waals surface area contributed by atoms with Gasteiger partial charge in [0.25, 0.3) is 0 Å². The van der Waals surface area contributed by atoms with Crippen molar-refractivity contribution in [3.8, 4) is 0 Å². The first kappa shape index (κ1) is 15.5. The first-order chi connectivity index (χ1) is 8.02. The summed E-state index contributed by atoms with van der Waals surface area (Å²) in [6.45, 7) is 5.36. The molecule has 0 rings (SSSR count). The molecule has 6 nitrogen and oxygen atoms in total. The van der Waals surface area contributed by atoms with Gasteiger partial charge in [0.1, 0.15) is 0 Å². The topological polar surface area (TPSA) is 92.7 Å². The van der Waals surface area contributed by atoms with E-state index in [2.05, 4.69) is 0 Å². The number of carbonyl (C=O) groups is 2. The summed E-state index contributed by atoms with van der Waals surface area (Å²) in [5, 5.41) is 0. The molecular weight excluding hydrogens is 220 g/mol. The molecule has 0 unspecified atom stereocenters. The molecular formula is C11H24N4O2. The van der Waals surface area contributed by atoms with E-state index in [4.69, 9.17) is 11.5 Å². The van der Waals surface area contributed by atoms with Crippen molar-refractivity contribution in [3.05, 3.63) is 0 Å². The lowest BCUT2D eigenvalue weighted by atomic mass is 10.3. The molecule has 0 aliphatic rings. The van der Waals surface area contributed by atoms with E-state index in [1.807, 2.05) is 13.8 Å². The Balaban J connectivity index is 4.34. The zero-order valence-electron chi connectivity index (χ0n) is 10.8. The quantitative estimate of drug-likeness (QED) is 0.630. The molecule has 0 aromatic heterocycles. The molecule has 0 aromatic carbocycles. The molecule has 0 radical (unpaired) electrons. The van der Waals surface area contributed by atoms with Crippen LogP contribution in [0.1, 0.15) is 39.5 Å². The van der Waals surface area contributed by atoms with Gasteiger partial charge in [-0.05, 0) is 12.8 Å². The number of amides is 4. The minimum Gasteiger partial charge on any atom is -0.351 e. The lowest BCUT2D eigenvalue weighted by Gasteiger charge is -2.28. The molecule has 17 heavy (non-hydrogen) atoms. The highest BCUT2D eigenvalue weighted by molar-refractivity contribution is 5.74. The van der Waals surface area contributed by atoms with Crippen LogP contribution in [0.25, 0.3) is 0 Å². The normalized spacial score (nSPS) is 10.0. The molecule has 0 aliphatic heterocycles. The fourth-order valence-corrected chi connectivity index (χ4v) is 1.41. The number of unbranched alkanes of at least 4 members (excludes halogenated alkanes) is 2. The monoisotopic (exact) mass is 244 g/mol. The predicted molar refractivity (Wildman–Crippen MR) is 67.3 cm³/mol. The molecule has 6 heteroatoms. The van der Waals surface area contributed by atoms with E-state index in [1.54, 1.807) is 0 Å². The van der Waals surface area contributed by atoms with E-state index in [0.29, 0.717) is 13.1 Å². The highest BCUT2D eigenvalue weighted by Gasteiger charge is 2.16. The van der Waals surface area contributed by atoms with E-state index in [9.17, 15) is 9.59 Å². The van der Waals surface area contributed by atoms with Crippen molar-refractivity contribution in [2.45, 2.75) is 39.5 Å². The van der Waals surface area contributed by atoms with E-state index >= 15 is 0 Å². The van der Waals surface area contributed by atoms with Crippen LogP contribution in [0, 0.1) is 0 Å². The first-order valence-corrected chi connectivity index (χ1v) is 6.11. The number of primary amides is 2. The Hall–Kier alpha value is -1.46. The Morgan fingerprint density at radius 3 is 1.47 bits per heavy atom. The van der Waals surface area contributed by atoms with E-state index in [-0.39, 0.29) is 6.67 Å². The molecule has 100 valence electrons. The van der Waals surface area contributed by atoms with Crippen molar-refractivity contribution in [1.29, 1.82) is 0 Å². The Labute approximate surface area is 103 Å². The van der Waals surface area contributed by atoms with Gasteiger partial charge in [-0.3, -0.25) is 0 Å². The standard InChI is InChI=1S/C11H24N4O2/c1-3-5-7-14(10(12)16)9-15(11(13)17)8-6-4-2/h3-9H2,1-2H3,(H2,12,16)(H2,13,17). The van der Waals surface area contributed by atoms with Gasteiger partial charge in [0.15, 0.2) is 0 Å². The maximum Gasteiger partial charge on any atom is 0.316 e. The van der Waals surface area contributed by atoms with Crippen molar-refractivity contribution in [2.75, 3.05) is 19.8 Å². The van der Waals surface area contributed by atoms with Crippen LogP contribution in [-0.2, 0) is 0 Å². The van der Waals surface area contributed by atoms with Gasteiger partial charge in [0, 0.05) is 13.1 Å². The van der Waals surface area contributed by atoms with Gasteiger partial charge < -0.3 is 21.3 Å². The van der Waals surface area contributed by atoms with E-state index in [0.717, 1.165) is 25.7 Å². The Kier molecular flexibility index (Phi) is 7.92. The van der Waals surface area contributed by atoms with Gasteiger partial charge in [-0.1, -0.05) is 26.7 Å². The summed E-state index contributed by atoms with van der Waals surface area (Å²) >= 11 is 0. The molecule has 4 N–H and O–H groups in total. The second-order valence-corrected chi connectivity index (χ2v) is 4.05. The van der Waals surface area contributed by atoms with Crippen molar-refractivity contribution < 1.29 is 9.59 Å². The summed E-state index contributed by atoms with van der Waals surface area (Å²) in [6.07, 6.45) is 3.66. The molecule has 0 spiro atoms. The zero-order valence-corrected chi connectivity index (χ0v) is 10.8. The summed E-state index contributed by atoms with van der Waals surface area (Å²) < 4.78 is 0. The van der Waals surface area contributed by atoms with Gasteiger partial charge in [0.05, 0.1) is 6.67 Å². The molecule has 0 aromatic rings. The number of hydrogen-bond donors (Lipinski definition) is 2. The minimum absolute atomic E-state index is 0.185. The molecule has 0 heterocycles. The summed E-state index contributed by atoms with van der Waals surface area (Å²) in [5.41, 5.74) is 10.5. The van der Waals surface area contributed by atoms with Crippen LogP contribution in [0.5, 0.6) is 0 Å². The number of nitrogens with two attached hydrogens (primary N) is 2. The number of nitrogens with zero attached hydrogens (tertiary/aromatic N) is 2. The first-order valence-electron chi connectivity index (χ1n) is 6.11. The maximum absolute atomic E-state index is 11.2. The lowest BCUT2D eigenvalue weighted by molar-refractivity contribution is 0.151. The summed E-state index contributed by atoms with van der Waals surface area (Å²) in [7, 11) is 0.